The molecule has 0 bridgehead atoms. The summed E-state index contributed by atoms with van der Waals surface area (Å²) in [7, 11) is 0. The van der Waals surface area contributed by atoms with Gasteiger partial charge in [0, 0.05) is 44.2 Å². The Morgan fingerprint density at radius 1 is 1.18 bits per heavy atom. The van der Waals surface area contributed by atoms with Gasteiger partial charge in [-0.05, 0) is 57.6 Å². The van der Waals surface area contributed by atoms with E-state index in [1.165, 1.54) is 51.6 Å². The molecular formula is C22H39IN4O. The second-order valence-corrected chi connectivity index (χ2v) is 8.62. The predicted molar refractivity (Wildman–Crippen MR) is 128 cm³/mol. The molecular weight excluding hydrogens is 463 g/mol. The minimum atomic E-state index is 0. The Morgan fingerprint density at radius 3 is 2.57 bits per heavy atom. The first-order chi connectivity index (χ1) is 13.1. The third kappa shape index (κ3) is 7.25. The Hall–Kier alpha value is -0.760. The zero-order chi connectivity index (χ0) is 19.1. The van der Waals surface area contributed by atoms with E-state index < -0.39 is 0 Å². The van der Waals surface area contributed by atoms with Crippen molar-refractivity contribution >= 4 is 29.9 Å². The molecule has 1 saturated heterocycles. The molecule has 160 valence electrons. The third-order valence-electron chi connectivity index (χ3n) is 6.24. The van der Waals surface area contributed by atoms with Gasteiger partial charge in [0.2, 0.25) is 0 Å². The molecule has 1 aliphatic heterocycles. The summed E-state index contributed by atoms with van der Waals surface area (Å²) in [6.07, 6.45) is 10.2. The van der Waals surface area contributed by atoms with Crippen LogP contribution in [0.4, 0.5) is 0 Å². The van der Waals surface area contributed by atoms with E-state index in [-0.39, 0.29) is 24.0 Å². The summed E-state index contributed by atoms with van der Waals surface area (Å²) in [6.45, 7) is 10.1. The number of hydrogen-bond donors (Lipinski definition) is 2. The fourth-order valence-electron chi connectivity index (χ4n) is 4.33. The maximum absolute atomic E-state index is 5.45. The number of guanidine groups is 1. The fourth-order valence-corrected chi connectivity index (χ4v) is 4.33. The first-order valence-corrected chi connectivity index (χ1v) is 11.0. The number of nitrogens with zero attached hydrogens (tertiary/aromatic N) is 2. The number of furan rings is 1. The standard InChI is InChI=1S/C22H38N4O.HI/c1-17(2)26-14-11-19(12-15-26)24-22(23-13-10-20-8-6-16-27-20)25-21-9-5-4-7-18(21)3;/h6,8,16-19,21H,4-5,7,9-15H2,1-3H3,(H2,23,24,25);1H. The molecule has 2 fully saturated rings. The molecule has 1 saturated carbocycles. The van der Waals surface area contributed by atoms with Crippen molar-refractivity contribution in [1.29, 1.82) is 0 Å². The van der Waals surface area contributed by atoms with Gasteiger partial charge in [-0.2, -0.15) is 0 Å². The van der Waals surface area contributed by atoms with Crippen LogP contribution < -0.4 is 10.6 Å². The van der Waals surface area contributed by atoms with Gasteiger partial charge in [0.15, 0.2) is 5.96 Å². The van der Waals surface area contributed by atoms with Crippen molar-refractivity contribution in [2.45, 2.75) is 83.8 Å². The van der Waals surface area contributed by atoms with E-state index in [0.29, 0.717) is 18.1 Å². The van der Waals surface area contributed by atoms with Gasteiger partial charge in [-0.3, -0.25) is 4.99 Å². The average molecular weight is 502 g/mol. The van der Waals surface area contributed by atoms with Crippen LogP contribution in [0.25, 0.3) is 0 Å². The molecule has 6 heteroatoms. The lowest BCUT2D eigenvalue weighted by atomic mass is 9.86. The summed E-state index contributed by atoms with van der Waals surface area (Å²) in [6, 6.07) is 5.69. The van der Waals surface area contributed by atoms with Crippen LogP contribution in [0.5, 0.6) is 0 Å². The van der Waals surface area contributed by atoms with Gasteiger partial charge in [0.05, 0.1) is 6.26 Å². The summed E-state index contributed by atoms with van der Waals surface area (Å²) < 4.78 is 5.45. The summed E-state index contributed by atoms with van der Waals surface area (Å²) in [4.78, 5) is 7.47. The van der Waals surface area contributed by atoms with E-state index in [9.17, 15) is 0 Å². The largest absolute Gasteiger partial charge is 0.469 e. The van der Waals surface area contributed by atoms with E-state index in [2.05, 4.69) is 36.3 Å². The Kier molecular flexibility index (Phi) is 10.1. The number of likely N-dealkylation sites (tertiary alicyclic amines) is 1. The number of halogens is 1. The molecule has 2 heterocycles. The number of piperidine rings is 1. The summed E-state index contributed by atoms with van der Waals surface area (Å²) in [5.74, 6) is 2.73. The van der Waals surface area contributed by atoms with Gasteiger partial charge in [-0.25, -0.2) is 0 Å². The monoisotopic (exact) mass is 502 g/mol. The molecule has 0 radical (unpaired) electrons. The van der Waals surface area contributed by atoms with E-state index in [0.717, 1.165) is 30.6 Å². The highest BCUT2D eigenvalue weighted by Gasteiger charge is 2.25. The highest BCUT2D eigenvalue weighted by Crippen LogP contribution is 2.23. The van der Waals surface area contributed by atoms with Crippen molar-refractivity contribution in [3.05, 3.63) is 24.2 Å². The van der Waals surface area contributed by atoms with Crippen molar-refractivity contribution in [2.24, 2.45) is 10.9 Å². The molecule has 0 aromatic carbocycles. The second kappa shape index (κ2) is 12.1. The van der Waals surface area contributed by atoms with Gasteiger partial charge in [0.25, 0.3) is 0 Å². The Balaban J connectivity index is 0.00000280. The first-order valence-electron chi connectivity index (χ1n) is 11.0. The van der Waals surface area contributed by atoms with Crippen LogP contribution in [0, 0.1) is 5.92 Å². The predicted octanol–water partition coefficient (Wildman–Crippen LogP) is 4.43. The number of rotatable bonds is 6. The lowest BCUT2D eigenvalue weighted by Gasteiger charge is -2.36. The van der Waals surface area contributed by atoms with Crippen LogP contribution >= 0.6 is 24.0 Å². The topological polar surface area (TPSA) is 52.8 Å². The van der Waals surface area contributed by atoms with Crippen molar-refractivity contribution in [2.75, 3.05) is 19.6 Å². The summed E-state index contributed by atoms with van der Waals surface area (Å²) in [5, 5.41) is 7.51. The van der Waals surface area contributed by atoms with Crippen molar-refractivity contribution in [1.82, 2.24) is 15.5 Å². The maximum atomic E-state index is 5.45. The van der Waals surface area contributed by atoms with Crippen molar-refractivity contribution in [3.63, 3.8) is 0 Å². The number of nitrogens with one attached hydrogen (secondary N) is 2. The van der Waals surface area contributed by atoms with Gasteiger partial charge in [-0.1, -0.05) is 19.8 Å². The Bertz CT molecular complexity index is 567. The molecule has 0 amide bonds. The molecule has 1 aromatic rings. The van der Waals surface area contributed by atoms with Gasteiger partial charge < -0.3 is 20.0 Å². The second-order valence-electron chi connectivity index (χ2n) is 8.62. The Labute approximate surface area is 188 Å². The van der Waals surface area contributed by atoms with Crippen LogP contribution in [0.2, 0.25) is 0 Å². The minimum Gasteiger partial charge on any atom is -0.469 e. The van der Waals surface area contributed by atoms with Crippen LogP contribution in [-0.4, -0.2) is 48.6 Å². The number of aliphatic imine (C=N–C) groups is 1. The van der Waals surface area contributed by atoms with Crippen LogP contribution in [-0.2, 0) is 6.42 Å². The smallest absolute Gasteiger partial charge is 0.191 e. The van der Waals surface area contributed by atoms with Crippen LogP contribution in [0.15, 0.2) is 27.8 Å². The molecule has 2 atom stereocenters. The number of hydrogen-bond acceptors (Lipinski definition) is 3. The molecule has 2 aliphatic rings. The molecule has 0 spiro atoms. The highest BCUT2D eigenvalue weighted by atomic mass is 127. The zero-order valence-electron chi connectivity index (χ0n) is 17.8. The van der Waals surface area contributed by atoms with Crippen molar-refractivity contribution < 1.29 is 4.42 Å². The molecule has 5 nitrogen and oxygen atoms in total. The molecule has 1 aromatic heterocycles. The molecule has 1 aliphatic carbocycles. The molecule has 2 N–H and O–H groups in total. The van der Waals surface area contributed by atoms with Gasteiger partial charge >= 0.3 is 0 Å². The van der Waals surface area contributed by atoms with Crippen LogP contribution in [0.3, 0.4) is 0 Å². The third-order valence-corrected chi connectivity index (χ3v) is 6.24. The molecule has 2 unspecified atom stereocenters. The van der Waals surface area contributed by atoms with Gasteiger partial charge in [-0.15, -0.1) is 24.0 Å². The SMILES string of the molecule is CC1CCCCC1NC(=NCCc1ccco1)NC1CCN(C(C)C)CC1.I. The summed E-state index contributed by atoms with van der Waals surface area (Å²) in [5.41, 5.74) is 0. The highest BCUT2D eigenvalue weighted by molar-refractivity contribution is 14.0. The van der Waals surface area contributed by atoms with E-state index in [1.807, 2.05) is 12.1 Å². The lowest BCUT2D eigenvalue weighted by molar-refractivity contribution is 0.167. The van der Waals surface area contributed by atoms with Gasteiger partial charge in [0.1, 0.15) is 5.76 Å². The van der Waals surface area contributed by atoms with Crippen molar-refractivity contribution in [3.8, 4) is 0 Å². The molecule has 28 heavy (non-hydrogen) atoms. The van der Waals surface area contributed by atoms with E-state index in [1.54, 1.807) is 6.26 Å². The maximum Gasteiger partial charge on any atom is 0.191 e. The normalized spacial score (nSPS) is 24.8. The van der Waals surface area contributed by atoms with Crippen LogP contribution in [0.1, 0.15) is 65.1 Å². The lowest BCUT2D eigenvalue weighted by Crippen LogP contribution is -2.53. The average Bonchev–Trinajstić information content (AvgIpc) is 3.17. The summed E-state index contributed by atoms with van der Waals surface area (Å²) >= 11 is 0. The fraction of sp³-hybridized carbons (Fsp3) is 0.773. The molecule has 3 rings (SSSR count). The van der Waals surface area contributed by atoms with E-state index >= 15 is 0 Å². The first kappa shape index (κ1) is 23.5. The minimum absolute atomic E-state index is 0. The van der Waals surface area contributed by atoms with E-state index in [4.69, 9.17) is 9.41 Å². The quantitative estimate of drug-likeness (QED) is 0.344. The zero-order valence-corrected chi connectivity index (χ0v) is 20.2. The Morgan fingerprint density at radius 2 is 1.93 bits per heavy atom.